The van der Waals surface area contributed by atoms with Crippen LogP contribution in [0.5, 0.6) is 0 Å². The Morgan fingerprint density at radius 3 is 2.30 bits per heavy atom. The number of rotatable bonds is 5. The Hall–Kier alpha value is -3.16. The molecule has 0 atom stereocenters. The fourth-order valence-corrected chi connectivity index (χ4v) is 3.10. The Labute approximate surface area is 163 Å². The molecule has 2 amide bonds. The molecule has 0 bridgehead atoms. The maximum Gasteiger partial charge on any atom is 0.337 e. The number of aromatic carboxylic acids is 1. The molecular weight excluding hydrogens is 388 g/mol. The zero-order valence-corrected chi connectivity index (χ0v) is 15.3. The van der Waals surface area contributed by atoms with Gasteiger partial charge in [-0.3, -0.25) is 9.59 Å². The third kappa shape index (κ3) is 4.52. The van der Waals surface area contributed by atoms with Gasteiger partial charge in [-0.15, -0.1) is 11.3 Å². The summed E-state index contributed by atoms with van der Waals surface area (Å²) in [5.74, 6) is -1.89. The molecule has 0 saturated carbocycles. The molecule has 0 saturated heterocycles. The molecule has 27 heavy (non-hydrogen) atoms. The van der Waals surface area contributed by atoms with Crippen LogP contribution in [0.15, 0.2) is 60.0 Å². The largest absolute Gasteiger partial charge is 0.478 e. The molecule has 0 unspecified atom stereocenters. The van der Waals surface area contributed by atoms with Crippen molar-refractivity contribution in [1.29, 1.82) is 0 Å². The first-order chi connectivity index (χ1) is 12.9. The predicted octanol–water partition coefficient (Wildman–Crippen LogP) is 4.60. The van der Waals surface area contributed by atoms with E-state index in [0.717, 1.165) is 0 Å². The highest BCUT2D eigenvalue weighted by Gasteiger charge is 2.14. The van der Waals surface area contributed by atoms with E-state index in [4.69, 9.17) is 11.6 Å². The molecule has 3 rings (SSSR count). The van der Waals surface area contributed by atoms with Crippen molar-refractivity contribution in [2.75, 3.05) is 10.6 Å². The predicted molar refractivity (Wildman–Crippen MR) is 105 cm³/mol. The number of hydrogen-bond acceptors (Lipinski definition) is 4. The zero-order valence-electron chi connectivity index (χ0n) is 13.7. The molecule has 0 spiro atoms. The highest BCUT2D eigenvalue weighted by Crippen LogP contribution is 2.22. The number of amides is 2. The van der Waals surface area contributed by atoms with Crippen molar-refractivity contribution in [1.82, 2.24) is 0 Å². The van der Waals surface area contributed by atoms with Crippen LogP contribution in [0.1, 0.15) is 30.4 Å². The first-order valence-electron chi connectivity index (χ1n) is 7.73. The maximum absolute atomic E-state index is 12.4. The van der Waals surface area contributed by atoms with Gasteiger partial charge in [-0.2, -0.15) is 0 Å². The number of carbonyl (C=O) groups excluding carboxylic acids is 2. The van der Waals surface area contributed by atoms with E-state index in [1.165, 1.54) is 41.7 Å². The van der Waals surface area contributed by atoms with Gasteiger partial charge in [0, 0.05) is 16.3 Å². The lowest BCUT2D eigenvalue weighted by atomic mass is 10.1. The SMILES string of the molecule is O=C(Nc1cc(Cl)ccc1C(=O)O)c1ccc(NC(=O)c2cccs2)cc1. The molecule has 3 N–H and O–H groups in total. The quantitative estimate of drug-likeness (QED) is 0.583. The molecule has 0 radical (unpaired) electrons. The smallest absolute Gasteiger partial charge is 0.337 e. The molecule has 0 fully saturated rings. The van der Waals surface area contributed by atoms with Gasteiger partial charge in [0.05, 0.1) is 16.1 Å². The van der Waals surface area contributed by atoms with Gasteiger partial charge in [0.25, 0.3) is 11.8 Å². The number of carboxylic acids is 1. The molecule has 136 valence electrons. The average molecular weight is 401 g/mol. The minimum Gasteiger partial charge on any atom is -0.478 e. The van der Waals surface area contributed by atoms with Gasteiger partial charge in [0.1, 0.15) is 0 Å². The van der Waals surface area contributed by atoms with E-state index in [2.05, 4.69) is 10.6 Å². The van der Waals surface area contributed by atoms with Gasteiger partial charge < -0.3 is 15.7 Å². The summed E-state index contributed by atoms with van der Waals surface area (Å²) >= 11 is 7.21. The van der Waals surface area contributed by atoms with Crippen molar-refractivity contribution in [3.8, 4) is 0 Å². The number of nitrogens with one attached hydrogen (secondary N) is 2. The van der Waals surface area contributed by atoms with Gasteiger partial charge in [0.15, 0.2) is 0 Å². The molecule has 0 aliphatic rings. The van der Waals surface area contributed by atoms with Crippen LogP contribution in [-0.2, 0) is 0 Å². The number of benzene rings is 2. The number of thiophene rings is 1. The summed E-state index contributed by atoms with van der Waals surface area (Å²) in [5.41, 5.74) is 0.891. The van der Waals surface area contributed by atoms with Crippen LogP contribution in [0, 0.1) is 0 Å². The van der Waals surface area contributed by atoms with Gasteiger partial charge in [-0.1, -0.05) is 17.7 Å². The van der Waals surface area contributed by atoms with Crippen molar-refractivity contribution in [3.05, 3.63) is 81.0 Å². The minimum atomic E-state index is -1.17. The number of carbonyl (C=O) groups is 3. The summed E-state index contributed by atoms with van der Waals surface area (Å²) in [6, 6.07) is 13.9. The van der Waals surface area contributed by atoms with Gasteiger partial charge in [-0.05, 0) is 53.9 Å². The molecule has 6 nitrogen and oxygen atoms in total. The highest BCUT2D eigenvalue weighted by atomic mass is 35.5. The summed E-state index contributed by atoms with van der Waals surface area (Å²) in [6.45, 7) is 0. The summed E-state index contributed by atoms with van der Waals surface area (Å²) in [6.07, 6.45) is 0. The summed E-state index contributed by atoms with van der Waals surface area (Å²) in [5, 5.41) is 16.6. The number of anilines is 2. The van der Waals surface area contributed by atoms with E-state index in [0.29, 0.717) is 21.2 Å². The number of halogens is 1. The Morgan fingerprint density at radius 1 is 0.926 bits per heavy atom. The van der Waals surface area contributed by atoms with E-state index in [9.17, 15) is 19.5 Å². The average Bonchev–Trinajstić information content (AvgIpc) is 3.17. The van der Waals surface area contributed by atoms with Crippen LogP contribution in [0.4, 0.5) is 11.4 Å². The van der Waals surface area contributed by atoms with Gasteiger partial charge in [-0.25, -0.2) is 4.79 Å². The van der Waals surface area contributed by atoms with E-state index in [1.54, 1.807) is 24.3 Å². The van der Waals surface area contributed by atoms with Crippen LogP contribution >= 0.6 is 22.9 Å². The normalized spacial score (nSPS) is 10.3. The molecule has 1 aromatic heterocycles. The molecule has 0 aliphatic carbocycles. The lowest BCUT2D eigenvalue weighted by Crippen LogP contribution is -2.15. The number of hydrogen-bond donors (Lipinski definition) is 3. The Kier molecular flexibility index (Phi) is 5.54. The van der Waals surface area contributed by atoms with Crippen LogP contribution in [-0.4, -0.2) is 22.9 Å². The lowest BCUT2D eigenvalue weighted by molar-refractivity contribution is 0.0698. The van der Waals surface area contributed by atoms with E-state index < -0.39 is 11.9 Å². The highest BCUT2D eigenvalue weighted by molar-refractivity contribution is 7.12. The topological polar surface area (TPSA) is 95.5 Å². The van der Waals surface area contributed by atoms with Crippen LogP contribution in [0.2, 0.25) is 5.02 Å². The number of carboxylic acid groups (broad SMARTS) is 1. The second-order valence-corrected chi connectivity index (χ2v) is 6.84. The van der Waals surface area contributed by atoms with Crippen molar-refractivity contribution in [3.63, 3.8) is 0 Å². The van der Waals surface area contributed by atoms with Crippen molar-refractivity contribution in [2.24, 2.45) is 0 Å². The van der Waals surface area contributed by atoms with Gasteiger partial charge in [0.2, 0.25) is 0 Å². The fraction of sp³-hybridized carbons (Fsp3) is 0. The first-order valence-corrected chi connectivity index (χ1v) is 8.99. The molecular formula is C19H13ClN2O4S. The van der Waals surface area contributed by atoms with E-state index >= 15 is 0 Å². The summed E-state index contributed by atoms with van der Waals surface area (Å²) < 4.78 is 0. The third-order valence-electron chi connectivity index (χ3n) is 3.61. The van der Waals surface area contributed by atoms with E-state index in [1.807, 2.05) is 5.38 Å². The van der Waals surface area contributed by atoms with Crippen LogP contribution < -0.4 is 10.6 Å². The maximum atomic E-state index is 12.4. The minimum absolute atomic E-state index is 0.0624. The monoisotopic (exact) mass is 400 g/mol. The molecule has 3 aromatic rings. The van der Waals surface area contributed by atoms with Crippen LogP contribution in [0.3, 0.4) is 0 Å². The lowest BCUT2D eigenvalue weighted by Gasteiger charge is -2.10. The molecule has 0 aliphatic heterocycles. The molecule has 8 heteroatoms. The second kappa shape index (κ2) is 8.03. The van der Waals surface area contributed by atoms with Crippen molar-refractivity contribution < 1.29 is 19.5 Å². The second-order valence-electron chi connectivity index (χ2n) is 5.46. The zero-order chi connectivity index (χ0) is 19.4. The Morgan fingerprint density at radius 2 is 1.67 bits per heavy atom. The van der Waals surface area contributed by atoms with E-state index in [-0.39, 0.29) is 17.2 Å². The molecule has 2 aromatic carbocycles. The fourth-order valence-electron chi connectivity index (χ4n) is 2.31. The molecule has 1 heterocycles. The summed E-state index contributed by atoms with van der Waals surface area (Å²) in [7, 11) is 0. The standard InChI is InChI=1S/C19H13ClN2O4S/c20-12-5-8-14(19(25)26)15(10-12)22-17(23)11-3-6-13(7-4-11)21-18(24)16-2-1-9-27-16/h1-10H,(H,21,24)(H,22,23)(H,25,26). The summed E-state index contributed by atoms with van der Waals surface area (Å²) in [4.78, 5) is 36.3. The van der Waals surface area contributed by atoms with Crippen molar-refractivity contribution >= 4 is 52.1 Å². The Balaban J connectivity index is 1.72. The first kappa shape index (κ1) is 18.6. The third-order valence-corrected chi connectivity index (χ3v) is 4.71. The van der Waals surface area contributed by atoms with Gasteiger partial charge >= 0.3 is 5.97 Å². The van der Waals surface area contributed by atoms with Crippen LogP contribution in [0.25, 0.3) is 0 Å². The van der Waals surface area contributed by atoms with Crippen molar-refractivity contribution in [2.45, 2.75) is 0 Å². The Bertz CT molecular complexity index is 1000.